The molecule has 24 heavy (non-hydrogen) atoms. The van der Waals surface area contributed by atoms with Crippen LogP contribution < -0.4 is 0 Å². The van der Waals surface area contributed by atoms with Crippen molar-refractivity contribution in [2.45, 2.75) is 0 Å². The van der Waals surface area contributed by atoms with Crippen LogP contribution in [0.25, 0.3) is 11.6 Å². The van der Waals surface area contributed by atoms with E-state index >= 15 is 0 Å². The molecule has 0 aliphatic heterocycles. The van der Waals surface area contributed by atoms with E-state index in [0.717, 1.165) is 30.3 Å². The van der Waals surface area contributed by atoms with E-state index in [1.165, 1.54) is 6.07 Å². The number of benzene rings is 2. The van der Waals surface area contributed by atoms with Gasteiger partial charge in [0, 0.05) is 5.56 Å². The molecule has 0 atom stereocenters. The van der Waals surface area contributed by atoms with Gasteiger partial charge in [-0.3, -0.25) is 0 Å². The molecule has 0 aliphatic rings. The molecular weight excluding hydrogens is 320 g/mol. The molecule has 0 saturated heterocycles. The van der Waals surface area contributed by atoms with E-state index in [1.54, 1.807) is 0 Å². The van der Waals surface area contributed by atoms with Crippen LogP contribution in [0.15, 0.2) is 30.3 Å². The maximum absolute atomic E-state index is 11.5. The Morgan fingerprint density at radius 3 is 1.79 bits per heavy atom. The number of carbonyl (C=O) groups is 2. The minimum absolute atomic E-state index is 0.173. The van der Waals surface area contributed by atoms with Crippen molar-refractivity contribution in [3.05, 3.63) is 47.0 Å². The largest absolute Gasteiger partial charge is 0.504 e. The zero-order chi connectivity index (χ0) is 18.0. The summed E-state index contributed by atoms with van der Waals surface area (Å²) in [4.78, 5) is 22.8. The second-order valence-electron chi connectivity index (χ2n) is 4.80. The number of hydrogen-bond acceptors (Lipinski definition) is 6. The number of aromatic carboxylic acids is 1. The van der Waals surface area contributed by atoms with E-state index in [1.807, 2.05) is 0 Å². The van der Waals surface area contributed by atoms with Gasteiger partial charge in [-0.25, -0.2) is 9.59 Å². The Morgan fingerprint density at radius 1 is 0.750 bits per heavy atom. The summed E-state index contributed by atoms with van der Waals surface area (Å²) in [5.74, 6) is -5.27. The van der Waals surface area contributed by atoms with E-state index in [2.05, 4.69) is 0 Å². The first-order valence-corrected chi connectivity index (χ1v) is 6.47. The lowest BCUT2D eigenvalue weighted by atomic mass is 9.96. The van der Waals surface area contributed by atoms with Gasteiger partial charge in [0.05, 0.1) is 11.1 Å². The molecule has 8 nitrogen and oxygen atoms in total. The highest BCUT2D eigenvalue weighted by atomic mass is 16.4. The Labute approximate surface area is 134 Å². The first-order valence-electron chi connectivity index (χ1n) is 6.47. The fourth-order valence-electron chi connectivity index (χ4n) is 2.03. The lowest BCUT2D eigenvalue weighted by molar-refractivity contribution is -0.130. The molecule has 0 aromatic heterocycles. The molecule has 0 unspecified atom stereocenters. The number of phenols is 4. The molecule has 2 aromatic rings. The molecule has 0 heterocycles. The number of hydrogen-bond donors (Lipinski definition) is 6. The quantitative estimate of drug-likeness (QED) is 0.281. The van der Waals surface area contributed by atoms with Crippen LogP contribution in [0.2, 0.25) is 0 Å². The van der Waals surface area contributed by atoms with Crippen LogP contribution in [-0.2, 0) is 4.79 Å². The molecule has 6 N–H and O–H groups in total. The fraction of sp³-hybridized carbons (Fsp3) is 0. The lowest BCUT2D eigenvalue weighted by Crippen LogP contribution is -2.07. The molecule has 0 spiro atoms. The van der Waals surface area contributed by atoms with Crippen molar-refractivity contribution in [1.29, 1.82) is 0 Å². The second kappa shape index (κ2) is 6.21. The topological polar surface area (TPSA) is 156 Å². The number of phenolic OH excluding ortho intramolecular Hbond substituents is 4. The average Bonchev–Trinajstić information content (AvgIpc) is 2.50. The van der Waals surface area contributed by atoms with Crippen LogP contribution in [-0.4, -0.2) is 42.6 Å². The SMILES string of the molecule is O=C(O)/C(=C/c1ccc(O)c(O)c1)c1cc(O)c(O)cc1C(=O)O. The summed E-state index contributed by atoms with van der Waals surface area (Å²) in [7, 11) is 0. The van der Waals surface area contributed by atoms with Gasteiger partial charge in [-0.2, -0.15) is 0 Å². The minimum atomic E-state index is -1.50. The summed E-state index contributed by atoms with van der Waals surface area (Å²) in [6.45, 7) is 0. The van der Waals surface area contributed by atoms with E-state index in [-0.39, 0.29) is 11.1 Å². The van der Waals surface area contributed by atoms with Crippen LogP contribution in [0, 0.1) is 0 Å². The predicted octanol–water partition coefficient (Wildman–Crippen LogP) is 1.83. The van der Waals surface area contributed by atoms with Gasteiger partial charge in [-0.15, -0.1) is 0 Å². The van der Waals surface area contributed by atoms with Crippen LogP contribution in [0.5, 0.6) is 23.0 Å². The third-order valence-corrected chi connectivity index (χ3v) is 3.18. The van der Waals surface area contributed by atoms with Gasteiger partial charge in [0.1, 0.15) is 0 Å². The van der Waals surface area contributed by atoms with Crippen molar-refractivity contribution in [2.75, 3.05) is 0 Å². The summed E-state index contributed by atoms with van der Waals surface area (Å²) in [5.41, 5.74) is -1.18. The normalized spacial score (nSPS) is 11.2. The molecule has 2 aromatic carbocycles. The standard InChI is InChI=1S/C16H12O8/c17-11-2-1-7(4-12(11)18)3-9(15(21)22)8-5-13(19)14(20)6-10(8)16(23)24/h1-6,17-20H,(H,21,22)(H,23,24)/b9-3+. The molecule has 0 amide bonds. The minimum Gasteiger partial charge on any atom is -0.504 e. The monoisotopic (exact) mass is 332 g/mol. The highest BCUT2D eigenvalue weighted by Gasteiger charge is 2.21. The van der Waals surface area contributed by atoms with E-state index < -0.39 is 46.1 Å². The first-order chi connectivity index (χ1) is 11.2. The molecule has 124 valence electrons. The van der Waals surface area contributed by atoms with Gasteiger partial charge in [-0.1, -0.05) is 6.07 Å². The molecule has 8 heteroatoms. The Bertz CT molecular complexity index is 867. The van der Waals surface area contributed by atoms with Crippen molar-refractivity contribution in [1.82, 2.24) is 0 Å². The van der Waals surface area contributed by atoms with E-state index in [4.69, 9.17) is 0 Å². The molecule has 0 saturated carbocycles. The zero-order valence-electron chi connectivity index (χ0n) is 12.0. The van der Waals surface area contributed by atoms with Gasteiger partial charge in [0.2, 0.25) is 0 Å². The Hall–Kier alpha value is -3.68. The summed E-state index contributed by atoms with van der Waals surface area (Å²) in [6.07, 6.45) is 1.06. The number of carboxylic acids is 2. The van der Waals surface area contributed by atoms with Crippen LogP contribution in [0.4, 0.5) is 0 Å². The smallest absolute Gasteiger partial charge is 0.336 e. The average molecular weight is 332 g/mol. The molecule has 0 fully saturated rings. The number of carboxylic acid groups (broad SMARTS) is 2. The van der Waals surface area contributed by atoms with Gasteiger partial charge >= 0.3 is 11.9 Å². The highest BCUT2D eigenvalue weighted by Crippen LogP contribution is 2.34. The van der Waals surface area contributed by atoms with Crippen molar-refractivity contribution in [3.63, 3.8) is 0 Å². The highest BCUT2D eigenvalue weighted by molar-refractivity contribution is 6.22. The van der Waals surface area contributed by atoms with Crippen LogP contribution in [0.3, 0.4) is 0 Å². The third-order valence-electron chi connectivity index (χ3n) is 3.18. The van der Waals surface area contributed by atoms with Crippen molar-refractivity contribution in [2.24, 2.45) is 0 Å². The second-order valence-corrected chi connectivity index (χ2v) is 4.80. The molecule has 0 radical (unpaired) electrons. The third kappa shape index (κ3) is 3.22. The molecular formula is C16H12O8. The van der Waals surface area contributed by atoms with Gasteiger partial charge in [0.15, 0.2) is 23.0 Å². The summed E-state index contributed by atoms with van der Waals surface area (Å²) < 4.78 is 0. The Morgan fingerprint density at radius 2 is 1.29 bits per heavy atom. The first kappa shape index (κ1) is 16.7. The van der Waals surface area contributed by atoms with E-state index in [9.17, 15) is 40.2 Å². The summed E-state index contributed by atoms with van der Waals surface area (Å²) in [5, 5.41) is 56.2. The zero-order valence-corrected chi connectivity index (χ0v) is 12.0. The number of rotatable bonds is 4. The van der Waals surface area contributed by atoms with Gasteiger partial charge < -0.3 is 30.6 Å². The van der Waals surface area contributed by atoms with E-state index in [0.29, 0.717) is 0 Å². The number of aromatic hydroxyl groups is 4. The fourth-order valence-corrected chi connectivity index (χ4v) is 2.03. The maximum Gasteiger partial charge on any atom is 0.336 e. The van der Waals surface area contributed by atoms with Crippen LogP contribution >= 0.6 is 0 Å². The Balaban J connectivity index is 2.70. The summed E-state index contributed by atoms with van der Waals surface area (Å²) in [6, 6.07) is 5.07. The van der Waals surface area contributed by atoms with Gasteiger partial charge in [-0.05, 0) is 35.9 Å². The van der Waals surface area contributed by atoms with Crippen molar-refractivity contribution >= 4 is 23.6 Å². The number of aliphatic carboxylic acids is 1. The molecule has 0 aliphatic carbocycles. The predicted molar refractivity (Wildman–Crippen MR) is 82.0 cm³/mol. The van der Waals surface area contributed by atoms with Crippen molar-refractivity contribution < 1.29 is 40.2 Å². The molecule has 0 bridgehead atoms. The maximum atomic E-state index is 11.5. The summed E-state index contributed by atoms with van der Waals surface area (Å²) >= 11 is 0. The van der Waals surface area contributed by atoms with Crippen LogP contribution in [0.1, 0.15) is 21.5 Å². The van der Waals surface area contributed by atoms with Gasteiger partial charge in [0.25, 0.3) is 0 Å². The Kier molecular flexibility index (Phi) is 4.32. The lowest BCUT2D eigenvalue weighted by Gasteiger charge is -2.10. The van der Waals surface area contributed by atoms with Crippen molar-refractivity contribution in [3.8, 4) is 23.0 Å². The molecule has 2 rings (SSSR count).